The molecule has 1 aliphatic carbocycles. The average Bonchev–Trinajstić information content (AvgIpc) is 2.95. The Kier molecular flexibility index (Phi) is 4.21. The maximum Gasteiger partial charge on any atom is 0.410 e. The van der Waals surface area contributed by atoms with Crippen LogP contribution in [0.3, 0.4) is 0 Å². The van der Waals surface area contributed by atoms with Crippen molar-refractivity contribution in [1.82, 2.24) is 4.90 Å². The van der Waals surface area contributed by atoms with E-state index in [0.717, 1.165) is 37.9 Å². The number of Topliss-reactive ketones (excluding diaryl/α,β-unsaturated/α-hetero) is 1. The molecule has 2 unspecified atom stereocenters. The molecule has 0 radical (unpaired) electrons. The molecule has 23 heavy (non-hydrogen) atoms. The van der Waals surface area contributed by atoms with E-state index in [4.69, 9.17) is 9.15 Å². The van der Waals surface area contributed by atoms with E-state index in [1.165, 1.54) is 0 Å². The van der Waals surface area contributed by atoms with Gasteiger partial charge in [-0.25, -0.2) is 4.79 Å². The average molecular weight is 319 g/mol. The van der Waals surface area contributed by atoms with Gasteiger partial charge in [-0.1, -0.05) is 0 Å². The highest BCUT2D eigenvalue weighted by Gasteiger charge is 2.41. The summed E-state index contributed by atoms with van der Waals surface area (Å²) in [6.45, 7) is 6.27. The number of hydrogen-bond donors (Lipinski definition) is 0. The van der Waals surface area contributed by atoms with Crippen LogP contribution in [0, 0.1) is 5.92 Å². The lowest BCUT2D eigenvalue weighted by Gasteiger charge is -2.41. The van der Waals surface area contributed by atoms with E-state index >= 15 is 0 Å². The molecule has 5 nitrogen and oxygen atoms in total. The van der Waals surface area contributed by atoms with Gasteiger partial charge in [-0.2, -0.15) is 0 Å². The number of fused-ring (bicyclic) bond motifs is 1. The summed E-state index contributed by atoms with van der Waals surface area (Å²) in [7, 11) is 0. The third-order valence-electron chi connectivity index (χ3n) is 4.67. The van der Waals surface area contributed by atoms with E-state index in [9.17, 15) is 9.59 Å². The smallest absolute Gasteiger partial charge is 0.410 e. The molecule has 1 aliphatic heterocycles. The van der Waals surface area contributed by atoms with E-state index in [1.54, 1.807) is 17.2 Å². The third-order valence-corrected chi connectivity index (χ3v) is 4.67. The first-order valence-electron chi connectivity index (χ1n) is 8.47. The Labute approximate surface area is 137 Å². The van der Waals surface area contributed by atoms with Crippen molar-refractivity contribution in [3.8, 4) is 0 Å². The molecule has 1 aromatic rings. The number of aryl methyl sites for hydroxylation is 1. The van der Waals surface area contributed by atoms with Crippen LogP contribution in [-0.4, -0.2) is 35.0 Å². The topological polar surface area (TPSA) is 59.8 Å². The van der Waals surface area contributed by atoms with Crippen LogP contribution in [0.4, 0.5) is 4.79 Å². The van der Waals surface area contributed by atoms with Gasteiger partial charge in [0.25, 0.3) is 0 Å². The molecule has 0 saturated carbocycles. The second-order valence-corrected chi connectivity index (χ2v) is 7.50. The number of piperidine rings is 1. The SMILES string of the molecule is CC(C)(C)OC(=O)N1CCCCC1C1CCc2occc2C1=O. The van der Waals surface area contributed by atoms with Crippen LogP contribution in [-0.2, 0) is 11.2 Å². The van der Waals surface area contributed by atoms with E-state index in [0.29, 0.717) is 12.1 Å². The normalized spacial score (nSPS) is 25.2. The highest BCUT2D eigenvalue weighted by atomic mass is 16.6. The third kappa shape index (κ3) is 3.28. The quantitative estimate of drug-likeness (QED) is 0.789. The summed E-state index contributed by atoms with van der Waals surface area (Å²) in [6, 6.07) is 1.69. The Morgan fingerprint density at radius 2 is 2.09 bits per heavy atom. The summed E-state index contributed by atoms with van der Waals surface area (Å²) >= 11 is 0. The minimum Gasteiger partial charge on any atom is -0.469 e. The molecular formula is C18H25NO4. The first kappa shape index (κ1) is 16.1. The summed E-state index contributed by atoms with van der Waals surface area (Å²) in [6.07, 6.45) is 5.66. The predicted molar refractivity (Wildman–Crippen MR) is 85.4 cm³/mol. The van der Waals surface area contributed by atoms with Crippen molar-refractivity contribution in [2.45, 2.75) is 64.5 Å². The van der Waals surface area contributed by atoms with Crippen LogP contribution in [0.25, 0.3) is 0 Å². The summed E-state index contributed by atoms with van der Waals surface area (Å²) in [5.41, 5.74) is 0.170. The van der Waals surface area contributed by atoms with Crippen molar-refractivity contribution in [2.75, 3.05) is 6.54 Å². The zero-order chi connectivity index (χ0) is 16.6. The molecule has 1 saturated heterocycles. The minimum absolute atomic E-state index is 0.0610. The van der Waals surface area contributed by atoms with Crippen molar-refractivity contribution in [1.29, 1.82) is 0 Å². The van der Waals surface area contributed by atoms with Crippen LogP contribution >= 0.6 is 0 Å². The van der Waals surface area contributed by atoms with Crippen molar-refractivity contribution >= 4 is 11.9 Å². The maximum absolute atomic E-state index is 12.8. The first-order chi connectivity index (χ1) is 10.9. The Morgan fingerprint density at radius 3 is 2.83 bits per heavy atom. The second kappa shape index (κ2) is 6.02. The molecule has 1 amide bonds. The van der Waals surface area contributed by atoms with Gasteiger partial charge in [-0.3, -0.25) is 4.79 Å². The van der Waals surface area contributed by atoms with Gasteiger partial charge in [-0.15, -0.1) is 0 Å². The Hall–Kier alpha value is -1.78. The highest BCUT2D eigenvalue weighted by molar-refractivity contribution is 6.00. The fourth-order valence-electron chi connectivity index (χ4n) is 3.66. The van der Waals surface area contributed by atoms with Gasteiger partial charge in [0, 0.05) is 24.9 Å². The molecular weight excluding hydrogens is 294 g/mol. The zero-order valence-corrected chi connectivity index (χ0v) is 14.1. The molecule has 5 heteroatoms. The lowest BCUT2D eigenvalue weighted by atomic mass is 9.78. The summed E-state index contributed by atoms with van der Waals surface area (Å²) in [5, 5.41) is 0. The van der Waals surface area contributed by atoms with Crippen LogP contribution < -0.4 is 0 Å². The number of furan rings is 1. The molecule has 2 atom stereocenters. The Morgan fingerprint density at radius 1 is 1.30 bits per heavy atom. The summed E-state index contributed by atoms with van der Waals surface area (Å²) in [4.78, 5) is 27.1. The van der Waals surface area contributed by atoms with Gasteiger partial charge in [0.15, 0.2) is 5.78 Å². The minimum atomic E-state index is -0.520. The van der Waals surface area contributed by atoms with E-state index in [1.807, 2.05) is 20.8 Å². The monoisotopic (exact) mass is 319 g/mol. The van der Waals surface area contributed by atoms with Gasteiger partial charge in [-0.05, 0) is 52.5 Å². The number of ketones is 1. The molecule has 126 valence electrons. The van der Waals surface area contributed by atoms with Crippen LogP contribution in [0.2, 0.25) is 0 Å². The lowest BCUT2D eigenvalue weighted by Crippen LogP contribution is -2.51. The molecule has 1 aromatic heterocycles. The van der Waals surface area contributed by atoms with Gasteiger partial charge in [0.2, 0.25) is 0 Å². The number of nitrogens with zero attached hydrogens (tertiary/aromatic N) is 1. The maximum atomic E-state index is 12.8. The number of amides is 1. The molecule has 2 heterocycles. The predicted octanol–water partition coefficient (Wildman–Crippen LogP) is 3.81. The Bertz CT molecular complexity index is 598. The van der Waals surface area contributed by atoms with Crippen molar-refractivity contribution in [3.63, 3.8) is 0 Å². The van der Waals surface area contributed by atoms with Gasteiger partial charge in [0.1, 0.15) is 11.4 Å². The molecule has 2 aliphatic rings. The molecule has 3 rings (SSSR count). The Balaban J connectivity index is 1.79. The number of hydrogen-bond acceptors (Lipinski definition) is 4. The first-order valence-corrected chi connectivity index (χ1v) is 8.47. The summed E-state index contributed by atoms with van der Waals surface area (Å²) < 4.78 is 10.9. The van der Waals surface area contributed by atoms with Crippen molar-refractivity contribution < 1.29 is 18.7 Å². The molecule has 0 bridgehead atoms. The number of rotatable bonds is 1. The number of carbonyl (C=O) groups excluding carboxylic acids is 2. The van der Waals surface area contributed by atoms with Gasteiger partial charge in [0.05, 0.1) is 11.8 Å². The zero-order valence-electron chi connectivity index (χ0n) is 14.1. The van der Waals surface area contributed by atoms with Crippen LogP contribution in [0.15, 0.2) is 16.7 Å². The van der Waals surface area contributed by atoms with Gasteiger partial charge < -0.3 is 14.1 Å². The molecule has 0 N–H and O–H groups in total. The largest absolute Gasteiger partial charge is 0.469 e. The van der Waals surface area contributed by atoms with E-state index in [2.05, 4.69) is 0 Å². The number of likely N-dealkylation sites (tertiary alicyclic amines) is 1. The fraction of sp³-hybridized carbons (Fsp3) is 0.667. The van der Waals surface area contributed by atoms with Crippen LogP contribution in [0.1, 0.15) is 62.6 Å². The molecule has 0 spiro atoms. The second-order valence-electron chi connectivity index (χ2n) is 7.50. The molecule has 0 aromatic carbocycles. The fourth-order valence-corrected chi connectivity index (χ4v) is 3.66. The number of ether oxygens (including phenoxy) is 1. The molecule has 1 fully saturated rings. The van der Waals surface area contributed by atoms with Crippen molar-refractivity contribution in [3.05, 3.63) is 23.7 Å². The van der Waals surface area contributed by atoms with Gasteiger partial charge >= 0.3 is 6.09 Å². The lowest BCUT2D eigenvalue weighted by molar-refractivity contribution is 0.00172. The highest BCUT2D eigenvalue weighted by Crippen LogP contribution is 2.34. The number of carbonyl (C=O) groups is 2. The standard InChI is InChI=1S/C18H25NO4/c1-18(2,3)23-17(21)19-10-5-4-6-14(19)12-7-8-15-13(16(12)20)9-11-22-15/h9,11-12,14H,4-8,10H2,1-3H3. The van der Waals surface area contributed by atoms with Crippen molar-refractivity contribution in [2.24, 2.45) is 5.92 Å². The summed E-state index contributed by atoms with van der Waals surface area (Å²) in [5.74, 6) is 0.749. The van der Waals surface area contributed by atoms with E-state index < -0.39 is 5.60 Å². The van der Waals surface area contributed by atoms with E-state index in [-0.39, 0.29) is 23.8 Å². The van der Waals surface area contributed by atoms with Crippen LogP contribution in [0.5, 0.6) is 0 Å².